The van der Waals surface area contributed by atoms with Crippen molar-refractivity contribution in [3.63, 3.8) is 0 Å². The van der Waals surface area contributed by atoms with E-state index in [1.807, 2.05) is 0 Å². The Morgan fingerprint density at radius 2 is 1.21 bits per heavy atom. The van der Waals surface area contributed by atoms with E-state index in [0.29, 0.717) is 0 Å². The lowest BCUT2D eigenvalue weighted by Crippen LogP contribution is -2.16. The van der Waals surface area contributed by atoms with Gasteiger partial charge in [-0.05, 0) is 31.2 Å². The van der Waals surface area contributed by atoms with Crippen molar-refractivity contribution in [3.05, 3.63) is 0 Å². The maximum Gasteiger partial charge on any atom is -0.00488 e. The highest BCUT2D eigenvalue weighted by atomic mass is 14.5. The summed E-state index contributed by atoms with van der Waals surface area (Å²) in [6.07, 6.45) is 17.0. The van der Waals surface area contributed by atoms with Crippen molar-refractivity contribution in [2.24, 2.45) is 17.6 Å². The second-order valence-corrected chi connectivity index (χ2v) is 6.70. The summed E-state index contributed by atoms with van der Waals surface area (Å²) in [7, 11) is 0. The molecule has 0 aromatic carbocycles. The summed E-state index contributed by atoms with van der Waals surface area (Å²) in [5.74, 6) is 1.57. The Morgan fingerprint density at radius 1 is 0.737 bits per heavy atom. The van der Waals surface area contributed by atoms with Gasteiger partial charge in [-0.1, -0.05) is 85.0 Å². The molecule has 0 bridgehead atoms. The van der Waals surface area contributed by atoms with Crippen molar-refractivity contribution in [2.45, 2.75) is 97.8 Å². The van der Waals surface area contributed by atoms with Crippen molar-refractivity contribution in [1.82, 2.24) is 0 Å². The molecular weight excluding hydrogens is 230 g/mol. The zero-order valence-corrected chi connectivity index (χ0v) is 13.9. The zero-order valence-electron chi connectivity index (χ0n) is 13.9. The monoisotopic (exact) mass is 269 g/mol. The summed E-state index contributed by atoms with van der Waals surface area (Å²) in [5.41, 5.74) is 5.84. The Morgan fingerprint density at radius 3 is 1.63 bits per heavy atom. The molecular formula is C18H39N. The maximum atomic E-state index is 5.84. The predicted molar refractivity (Wildman–Crippen MR) is 88.5 cm³/mol. The van der Waals surface area contributed by atoms with E-state index >= 15 is 0 Å². The fourth-order valence-electron chi connectivity index (χ4n) is 2.92. The minimum absolute atomic E-state index is 0.772. The van der Waals surface area contributed by atoms with Crippen molar-refractivity contribution in [2.75, 3.05) is 6.54 Å². The molecule has 0 aliphatic heterocycles. The van der Waals surface area contributed by atoms with Crippen molar-refractivity contribution < 1.29 is 0 Å². The van der Waals surface area contributed by atoms with Gasteiger partial charge in [0.25, 0.3) is 0 Å². The number of rotatable bonds is 14. The normalized spacial score (nSPS) is 13.1. The quantitative estimate of drug-likeness (QED) is 0.389. The van der Waals surface area contributed by atoms with Crippen molar-refractivity contribution in [1.29, 1.82) is 0 Å². The van der Waals surface area contributed by atoms with E-state index in [2.05, 4.69) is 20.8 Å². The summed E-state index contributed by atoms with van der Waals surface area (Å²) >= 11 is 0. The van der Waals surface area contributed by atoms with Crippen LogP contribution >= 0.6 is 0 Å². The van der Waals surface area contributed by atoms with Crippen molar-refractivity contribution in [3.8, 4) is 0 Å². The Labute approximate surface area is 122 Å². The summed E-state index contributed by atoms with van der Waals surface area (Å²) in [4.78, 5) is 0. The molecule has 0 aromatic rings. The first kappa shape index (κ1) is 19.0. The third kappa shape index (κ3) is 14.2. The molecule has 0 saturated heterocycles. The summed E-state index contributed by atoms with van der Waals surface area (Å²) in [6, 6.07) is 0. The highest BCUT2D eigenvalue weighted by Crippen LogP contribution is 2.18. The molecule has 0 spiro atoms. The van der Waals surface area contributed by atoms with Gasteiger partial charge >= 0.3 is 0 Å². The van der Waals surface area contributed by atoms with Crippen LogP contribution in [0.15, 0.2) is 0 Å². The largest absolute Gasteiger partial charge is 0.330 e. The van der Waals surface area contributed by atoms with E-state index in [0.717, 1.165) is 18.4 Å². The highest BCUT2D eigenvalue weighted by Gasteiger charge is 2.08. The fraction of sp³-hybridized carbons (Fsp3) is 1.00. The molecule has 1 nitrogen and oxygen atoms in total. The first-order chi connectivity index (χ1) is 9.20. The van der Waals surface area contributed by atoms with Crippen molar-refractivity contribution >= 4 is 0 Å². The minimum atomic E-state index is 0.772. The summed E-state index contributed by atoms with van der Waals surface area (Å²) < 4.78 is 0. The van der Waals surface area contributed by atoms with Crippen LogP contribution in [0.5, 0.6) is 0 Å². The summed E-state index contributed by atoms with van der Waals surface area (Å²) in [6.45, 7) is 7.78. The minimum Gasteiger partial charge on any atom is -0.330 e. The van der Waals surface area contributed by atoms with Crippen LogP contribution in [-0.4, -0.2) is 6.54 Å². The summed E-state index contributed by atoms with van der Waals surface area (Å²) in [5, 5.41) is 0. The van der Waals surface area contributed by atoms with Crippen LogP contribution in [0.25, 0.3) is 0 Å². The number of hydrogen-bond acceptors (Lipinski definition) is 1. The highest BCUT2D eigenvalue weighted by molar-refractivity contribution is 4.62. The van der Waals surface area contributed by atoms with Crippen LogP contribution in [0.4, 0.5) is 0 Å². The van der Waals surface area contributed by atoms with Gasteiger partial charge in [0.15, 0.2) is 0 Å². The standard InChI is InChI=1S/C18H39N/c1-4-5-6-7-8-9-10-11-12-13-14-18(16-19)15-17(2)3/h17-18H,4-16,19H2,1-3H3. The molecule has 0 fully saturated rings. The van der Waals surface area contributed by atoms with Gasteiger partial charge in [0.2, 0.25) is 0 Å². The van der Waals surface area contributed by atoms with Gasteiger partial charge in [-0.25, -0.2) is 0 Å². The van der Waals surface area contributed by atoms with Gasteiger partial charge in [0.1, 0.15) is 0 Å². The number of nitrogens with two attached hydrogens (primary N) is 1. The van der Waals surface area contributed by atoms with Crippen LogP contribution in [0.3, 0.4) is 0 Å². The van der Waals surface area contributed by atoms with Gasteiger partial charge < -0.3 is 5.73 Å². The molecule has 1 unspecified atom stereocenters. The van der Waals surface area contributed by atoms with Gasteiger partial charge in [0.05, 0.1) is 0 Å². The lowest BCUT2D eigenvalue weighted by molar-refractivity contribution is 0.378. The molecule has 2 N–H and O–H groups in total. The molecule has 116 valence electrons. The maximum absolute atomic E-state index is 5.84. The molecule has 0 amide bonds. The Hall–Kier alpha value is -0.0400. The second-order valence-electron chi connectivity index (χ2n) is 6.70. The topological polar surface area (TPSA) is 26.0 Å². The fourth-order valence-corrected chi connectivity index (χ4v) is 2.92. The van der Waals surface area contributed by atoms with Gasteiger partial charge in [-0.2, -0.15) is 0 Å². The average Bonchev–Trinajstić information content (AvgIpc) is 2.39. The Bertz CT molecular complexity index is 165. The van der Waals surface area contributed by atoms with Crippen LogP contribution < -0.4 is 5.73 Å². The number of unbranched alkanes of at least 4 members (excludes halogenated alkanes) is 9. The first-order valence-electron chi connectivity index (χ1n) is 8.90. The average molecular weight is 270 g/mol. The lowest BCUT2D eigenvalue weighted by Gasteiger charge is -2.16. The third-order valence-corrected chi connectivity index (χ3v) is 4.10. The molecule has 0 radical (unpaired) electrons. The lowest BCUT2D eigenvalue weighted by atomic mass is 9.92. The van der Waals surface area contributed by atoms with Gasteiger partial charge in [0, 0.05) is 0 Å². The Balaban J connectivity index is 3.21. The van der Waals surface area contributed by atoms with Crippen LogP contribution in [0, 0.1) is 11.8 Å². The second kappa shape index (κ2) is 14.4. The third-order valence-electron chi connectivity index (χ3n) is 4.10. The molecule has 1 heteroatoms. The molecule has 0 heterocycles. The van der Waals surface area contributed by atoms with E-state index in [1.165, 1.54) is 77.0 Å². The van der Waals surface area contributed by atoms with Gasteiger partial charge in [-0.15, -0.1) is 0 Å². The van der Waals surface area contributed by atoms with E-state index < -0.39 is 0 Å². The molecule has 0 aliphatic carbocycles. The molecule has 0 aromatic heterocycles. The predicted octanol–water partition coefficient (Wildman–Crippen LogP) is 5.92. The van der Waals surface area contributed by atoms with E-state index in [-0.39, 0.29) is 0 Å². The molecule has 19 heavy (non-hydrogen) atoms. The molecule has 1 atom stereocenters. The smallest absolute Gasteiger partial charge is 0.00488 e. The van der Waals surface area contributed by atoms with Gasteiger partial charge in [-0.3, -0.25) is 0 Å². The SMILES string of the molecule is CCCCCCCCCCCCC(CN)CC(C)C. The number of hydrogen-bond donors (Lipinski definition) is 1. The van der Waals surface area contributed by atoms with E-state index in [9.17, 15) is 0 Å². The molecule has 0 saturated carbocycles. The molecule has 0 aliphatic rings. The van der Waals surface area contributed by atoms with E-state index in [1.54, 1.807) is 0 Å². The zero-order chi connectivity index (χ0) is 14.3. The Kier molecular flexibility index (Phi) is 14.3. The van der Waals surface area contributed by atoms with Crippen LogP contribution in [-0.2, 0) is 0 Å². The van der Waals surface area contributed by atoms with E-state index in [4.69, 9.17) is 5.73 Å². The first-order valence-corrected chi connectivity index (χ1v) is 8.90. The van der Waals surface area contributed by atoms with Crippen LogP contribution in [0.1, 0.15) is 97.8 Å². The molecule has 0 rings (SSSR count). The van der Waals surface area contributed by atoms with Crippen LogP contribution in [0.2, 0.25) is 0 Å².